The van der Waals surface area contributed by atoms with E-state index in [4.69, 9.17) is 4.74 Å². The van der Waals surface area contributed by atoms with Crippen LogP contribution >= 0.6 is 0 Å². The van der Waals surface area contributed by atoms with Crippen molar-refractivity contribution in [3.05, 3.63) is 120 Å². The molecule has 168 valence electrons. The van der Waals surface area contributed by atoms with Crippen LogP contribution < -0.4 is 0 Å². The summed E-state index contributed by atoms with van der Waals surface area (Å²) < 4.78 is 6.22. The minimum atomic E-state index is -0.919. The standard InChI is InChI=1S/C28H33NO3/c1-3-27(31)28(32-21-24-15-9-5-10-16-24)26(20-30)29(19-23-13-7-4-8-14-23)22(2)25-17-11-6-12-18-25/h3-18,22,26-28,30-31H,1,19-21H2,2H3/t22-,26-,27-,28-/m1/s1. The molecule has 4 atom stereocenters. The van der Waals surface area contributed by atoms with Crippen LogP contribution in [0.1, 0.15) is 29.7 Å². The molecule has 4 heteroatoms. The van der Waals surface area contributed by atoms with Gasteiger partial charge in [-0.15, -0.1) is 6.58 Å². The van der Waals surface area contributed by atoms with Crippen molar-refractivity contribution in [1.29, 1.82) is 0 Å². The minimum absolute atomic E-state index is 0.00611. The molecular formula is C28H33NO3. The second-order valence-electron chi connectivity index (χ2n) is 7.98. The van der Waals surface area contributed by atoms with Gasteiger partial charge < -0.3 is 14.9 Å². The van der Waals surface area contributed by atoms with Crippen LogP contribution in [0.4, 0.5) is 0 Å². The molecule has 0 fully saturated rings. The Morgan fingerprint density at radius 2 is 1.41 bits per heavy atom. The summed E-state index contributed by atoms with van der Waals surface area (Å²) in [5.74, 6) is 0. The Labute approximate surface area is 191 Å². The fourth-order valence-electron chi connectivity index (χ4n) is 3.99. The summed E-state index contributed by atoms with van der Waals surface area (Å²) in [5, 5.41) is 21.3. The number of ether oxygens (including phenoxy) is 1. The Balaban J connectivity index is 1.92. The molecule has 32 heavy (non-hydrogen) atoms. The van der Waals surface area contributed by atoms with Gasteiger partial charge in [0.2, 0.25) is 0 Å². The van der Waals surface area contributed by atoms with Crippen molar-refractivity contribution in [1.82, 2.24) is 4.90 Å². The van der Waals surface area contributed by atoms with Crippen molar-refractivity contribution in [3.8, 4) is 0 Å². The number of aliphatic hydroxyl groups is 2. The third-order valence-corrected chi connectivity index (χ3v) is 5.84. The molecule has 0 unspecified atom stereocenters. The van der Waals surface area contributed by atoms with Gasteiger partial charge in [0.15, 0.2) is 0 Å². The molecule has 0 spiro atoms. The fourth-order valence-corrected chi connectivity index (χ4v) is 3.99. The van der Waals surface area contributed by atoms with E-state index < -0.39 is 18.2 Å². The topological polar surface area (TPSA) is 52.9 Å². The van der Waals surface area contributed by atoms with Crippen molar-refractivity contribution in [2.24, 2.45) is 0 Å². The number of benzene rings is 3. The van der Waals surface area contributed by atoms with Crippen LogP contribution in [0.3, 0.4) is 0 Å². The number of nitrogens with zero attached hydrogens (tertiary/aromatic N) is 1. The van der Waals surface area contributed by atoms with Crippen LogP contribution in [0.25, 0.3) is 0 Å². The smallest absolute Gasteiger partial charge is 0.105 e. The average molecular weight is 432 g/mol. The zero-order valence-electron chi connectivity index (χ0n) is 18.6. The van der Waals surface area contributed by atoms with E-state index in [2.05, 4.69) is 42.7 Å². The van der Waals surface area contributed by atoms with Gasteiger partial charge in [-0.2, -0.15) is 0 Å². The molecule has 0 saturated carbocycles. The summed E-state index contributed by atoms with van der Waals surface area (Å²) >= 11 is 0. The summed E-state index contributed by atoms with van der Waals surface area (Å²) in [6, 6.07) is 29.8. The predicted octanol–water partition coefficient (Wildman–Crippen LogP) is 4.74. The molecule has 0 aromatic heterocycles. The molecule has 3 aromatic rings. The summed E-state index contributed by atoms with van der Waals surface area (Å²) in [6.07, 6.45) is -0.0867. The fraction of sp³-hybridized carbons (Fsp3) is 0.286. The van der Waals surface area contributed by atoms with Crippen LogP contribution in [0.15, 0.2) is 104 Å². The van der Waals surface area contributed by atoms with Gasteiger partial charge in [0.05, 0.1) is 25.4 Å². The van der Waals surface area contributed by atoms with Gasteiger partial charge in [-0.1, -0.05) is 97.1 Å². The number of hydrogen-bond donors (Lipinski definition) is 2. The van der Waals surface area contributed by atoms with Gasteiger partial charge in [0.1, 0.15) is 6.10 Å². The number of hydrogen-bond acceptors (Lipinski definition) is 4. The van der Waals surface area contributed by atoms with Gasteiger partial charge >= 0.3 is 0 Å². The highest BCUT2D eigenvalue weighted by molar-refractivity contribution is 5.21. The van der Waals surface area contributed by atoms with Crippen LogP contribution in [-0.4, -0.2) is 40.0 Å². The Morgan fingerprint density at radius 3 is 1.94 bits per heavy atom. The lowest BCUT2D eigenvalue weighted by molar-refractivity contribution is -0.0970. The van der Waals surface area contributed by atoms with Gasteiger partial charge in [0, 0.05) is 12.6 Å². The second-order valence-corrected chi connectivity index (χ2v) is 7.98. The molecule has 3 aromatic carbocycles. The van der Waals surface area contributed by atoms with E-state index in [0.717, 1.165) is 16.7 Å². The molecule has 0 aliphatic heterocycles. The van der Waals surface area contributed by atoms with Crippen LogP contribution in [-0.2, 0) is 17.9 Å². The zero-order valence-corrected chi connectivity index (χ0v) is 18.6. The molecule has 0 amide bonds. The van der Waals surface area contributed by atoms with Gasteiger partial charge in [-0.25, -0.2) is 0 Å². The molecule has 0 bridgehead atoms. The van der Waals surface area contributed by atoms with E-state index >= 15 is 0 Å². The summed E-state index contributed by atoms with van der Waals surface area (Å²) in [6.45, 7) is 6.68. The lowest BCUT2D eigenvalue weighted by Gasteiger charge is -2.41. The van der Waals surface area contributed by atoms with Crippen LogP contribution in [0.5, 0.6) is 0 Å². The first-order valence-corrected chi connectivity index (χ1v) is 11.1. The number of aliphatic hydroxyl groups excluding tert-OH is 2. The van der Waals surface area contributed by atoms with E-state index in [1.54, 1.807) is 0 Å². The summed E-state index contributed by atoms with van der Waals surface area (Å²) in [4.78, 5) is 2.20. The van der Waals surface area contributed by atoms with Crippen molar-refractivity contribution < 1.29 is 14.9 Å². The third kappa shape index (κ3) is 6.38. The Kier molecular flexibility index (Phi) is 9.20. The summed E-state index contributed by atoms with van der Waals surface area (Å²) in [7, 11) is 0. The number of rotatable bonds is 12. The maximum absolute atomic E-state index is 10.8. The average Bonchev–Trinajstić information content (AvgIpc) is 2.86. The van der Waals surface area contributed by atoms with Gasteiger partial charge in [0.25, 0.3) is 0 Å². The summed E-state index contributed by atoms with van der Waals surface area (Å²) in [5.41, 5.74) is 3.27. The van der Waals surface area contributed by atoms with E-state index in [1.165, 1.54) is 6.08 Å². The third-order valence-electron chi connectivity index (χ3n) is 5.84. The molecule has 3 rings (SSSR count). The van der Waals surface area contributed by atoms with Gasteiger partial charge in [-0.3, -0.25) is 4.90 Å². The maximum atomic E-state index is 10.8. The minimum Gasteiger partial charge on any atom is -0.395 e. The maximum Gasteiger partial charge on any atom is 0.105 e. The van der Waals surface area contributed by atoms with Crippen LogP contribution in [0, 0.1) is 0 Å². The molecule has 2 N–H and O–H groups in total. The molecular weight excluding hydrogens is 398 g/mol. The Hall–Kier alpha value is -2.76. The monoisotopic (exact) mass is 431 g/mol. The Bertz CT molecular complexity index is 917. The second kappa shape index (κ2) is 12.3. The Morgan fingerprint density at radius 1 is 0.875 bits per heavy atom. The first kappa shape index (κ1) is 23.9. The van der Waals surface area contributed by atoms with Crippen molar-refractivity contribution in [3.63, 3.8) is 0 Å². The molecule has 0 radical (unpaired) electrons. The van der Waals surface area contributed by atoms with Gasteiger partial charge in [-0.05, 0) is 23.6 Å². The SMILES string of the molecule is C=C[C@@H](O)[C@H](OCc1ccccc1)[C@@H](CO)N(Cc1ccccc1)[C@H](C)c1ccccc1. The molecule has 0 aliphatic rings. The first-order chi connectivity index (χ1) is 15.6. The van der Waals surface area contributed by atoms with E-state index in [1.807, 2.05) is 66.7 Å². The lowest BCUT2D eigenvalue weighted by Crippen LogP contribution is -2.52. The first-order valence-electron chi connectivity index (χ1n) is 11.1. The molecule has 0 heterocycles. The quantitative estimate of drug-likeness (QED) is 0.407. The molecule has 4 nitrogen and oxygen atoms in total. The van der Waals surface area contributed by atoms with Crippen molar-refractivity contribution in [2.75, 3.05) is 6.61 Å². The highest BCUT2D eigenvalue weighted by Crippen LogP contribution is 2.28. The van der Waals surface area contributed by atoms with E-state index in [-0.39, 0.29) is 12.6 Å². The van der Waals surface area contributed by atoms with E-state index in [0.29, 0.717) is 13.2 Å². The van der Waals surface area contributed by atoms with Crippen molar-refractivity contribution in [2.45, 2.75) is 44.4 Å². The highest BCUT2D eigenvalue weighted by atomic mass is 16.5. The highest BCUT2D eigenvalue weighted by Gasteiger charge is 2.35. The molecule has 0 aliphatic carbocycles. The van der Waals surface area contributed by atoms with Crippen LogP contribution in [0.2, 0.25) is 0 Å². The molecule has 0 saturated heterocycles. The lowest BCUT2D eigenvalue weighted by atomic mass is 9.98. The normalized spacial score (nSPS) is 15.1. The van der Waals surface area contributed by atoms with E-state index in [9.17, 15) is 10.2 Å². The zero-order chi connectivity index (χ0) is 22.8. The largest absolute Gasteiger partial charge is 0.395 e. The van der Waals surface area contributed by atoms with Crippen molar-refractivity contribution >= 4 is 0 Å². The predicted molar refractivity (Wildman–Crippen MR) is 129 cm³/mol.